The number of hydrogen-bond acceptors (Lipinski definition) is 4. The zero-order valence-electron chi connectivity index (χ0n) is 12.0. The Morgan fingerprint density at radius 1 is 1.00 bits per heavy atom. The van der Waals surface area contributed by atoms with E-state index in [0.717, 1.165) is 16.4 Å². The highest BCUT2D eigenvalue weighted by molar-refractivity contribution is 7.67. The minimum Gasteiger partial charge on any atom is -0.439 e. The van der Waals surface area contributed by atoms with Crippen molar-refractivity contribution in [3.63, 3.8) is 0 Å². The third-order valence-corrected chi connectivity index (χ3v) is 6.00. The maximum absolute atomic E-state index is 13.4. The first-order valence-electron chi connectivity index (χ1n) is 6.71. The second-order valence-electron chi connectivity index (χ2n) is 4.86. The van der Waals surface area contributed by atoms with Crippen molar-refractivity contribution >= 4 is 12.7 Å². The van der Waals surface area contributed by atoms with Crippen LogP contribution in [0.25, 0.3) is 11.1 Å². The normalized spacial score (nSPS) is 19.8. The van der Waals surface area contributed by atoms with Gasteiger partial charge in [-0.1, -0.05) is 36.4 Å². The van der Waals surface area contributed by atoms with Gasteiger partial charge in [-0.15, -0.1) is 0 Å². The molecule has 2 aromatic rings. The Morgan fingerprint density at radius 2 is 1.62 bits per heavy atom. The average molecular weight is 304 g/mol. The van der Waals surface area contributed by atoms with Crippen molar-refractivity contribution < 1.29 is 18.6 Å². The molecular formula is C16H17O4P. The Bertz CT molecular complexity index is 694. The van der Waals surface area contributed by atoms with Crippen molar-refractivity contribution in [2.24, 2.45) is 0 Å². The zero-order chi connectivity index (χ0) is 14.9. The average Bonchev–Trinajstić information content (AvgIpc) is 2.53. The van der Waals surface area contributed by atoms with Gasteiger partial charge in [0.25, 0.3) is 7.37 Å². The molecule has 4 nitrogen and oxygen atoms in total. The van der Waals surface area contributed by atoms with E-state index in [4.69, 9.17) is 14.0 Å². The molecule has 0 amide bonds. The van der Waals surface area contributed by atoms with Crippen LogP contribution in [-0.2, 0) is 14.0 Å². The molecule has 0 aliphatic carbocycles. The van der Waals surface area contributed by atoms with Crippen LogP contribution >= 0.6 is 7.37 Å². The molecule has 1 unspecified atom stereocenters. The van der Waals surface area contributed by atoms with E-state index in [1.54, 1.807) is 0 Å². The van der Waals surface area contributed by atoms with Crippen LogP contribution in [0.15, 0.2) is 48.5 Å². The van der Waals surface area contributed by atoms with E-state index in [-0.39, 0.29) is 6.16 Å². The van der Waals surface area contributed by atoms with Gasteiger partial charge < -0.3 is 14.0 Å². The highest BCUT2D eigenvalue weighted by Crippen LogP contribution is 2.54. The van der Waals surface area contributed by atoms with Crippen LogP contribution in [0.2, 0.25) is 0 Å². The molecule has 1 aliphatic rings. The Balaban J connectivity index is 2.11. The first kappa shape index (κ1) is 14.3. The predicted octanol–water partition coefficient (Wildman–Crippen LogP) is 3.27. The summed E-state index contributed by atoms with van der Waals surface area (Å²) in [5.74, 6) is 0.644. The maximum Gasteiger partial charge on any atom is 0.282 e. The highest BCUT2D eigenvalue weighted by Gasteiger charge is 2.38. The van der Waals surface area contributed by atoms with Crippen LogP contribution < -0.4 is 9.83 Å². The van der Waals surface area contributed by atoms with Gasteiger partial charge in [0.05, 0.1) is 11.5 Å². The van der Waals surface area contributed by atoms with E-state index in [9.17, 15) is 4.57 Å². The highest BCUT2D eigenvalue weighted by atomic mass is 31.2. The summed E-state index contributed by atoms with van der Waals surface area (Å²) in [6.07, 6.45) is -0.375. The van der Waals surface area contributed by atoms with E-state index in [0.29, 0.717) is 5.75 Å². The molecule has 3 rings (SSSR count). The van der Waals surface area contributed by atoms with Crippen LogP contribution in [0.1, 0.15) is 0 Å². The van der Waals surface area contributed by atoms with Gasteiger partial charge >= 0.3 is 0 Å². The summed E-state index contributed by atoms with van der Waals surface area (Å²) in [4.78, 5) is 0. The van der Waals surface area contributed by atoms with E-state index in [2.05, 4.69) is 0 Å². The van der Waals surface area contributed by atoms with E-state index in [1.807, 2.05) is 48.5 Å². The van der Waals surface area contributed by atoms with Crippen LogP contribution in [0.3, 0.4) is 0 Å². The fraction of sp³-hybridized carbons (Fsp3) is 0.250. The summed E-state index contributed by atoms with van der Waals surface area (Å²) in [6.45, 7) is 0. The van der Waals surface area contributed by atoms with Crippen molar-refractivity contribution in [3.05, 3.63) is 48.5 Å². The summed E-state index contributed by atoms with van der Waals surface area (Å²) < 4.78 is 29.6. The lowest BCUT2D eigenvalue weighted by molar-refractivity contribution is -0.0860. The molecule has 0 bridgehead atoms. The van der Waals surface area contributed by atoms with Gasteiger partial charge in [0.2, 0.25) is 0 Å². The molecule has 1 aliphatic heterocycles. The van der Waals surface area contributed by atoms with Crippen LogP contribution in [0.5, 0.6) is 5.75 Å². The molecule has 0 saturated heterocycles. The van der Waals surface area contributed by atoms with E-state index < -0.39 is 13.7 Å². The number of methoxy groups -OCH3 is 2. The molecule has 1 heterocycles. The summed E-state index contributed by atoms with van der Waals surface area (Å²) in [5.41, 5.74) is 1.92. The zero-order valence-corrected chi connectivity index (χ0v) is 12.9. The molecule has 0 fully saturated rings. The summed E-state index contributed by atoms with van der Waals surface area (Å²) in [6, 6.07) is 15.3. The molecule has 0 spiro atoms. The van der Waals surface area contributed by atoms with Crippen molar-refractivity contribution in [2.75, 3.05) is 20.4 Å². The van der Waals surface area contributed by atoms with Gasteiger partial charge in [0, 0.05) is 19.8 Å². The van der Waals surface area contributed by atoms with Gasteiger partial charge in [0.1, 0.15) is 5.75 Å². The van der Waals surface area contributed by atoms with Gasteiger partial charge in [-0.2, -0.15) is 0 Å². The summed E-state index contributed by atoms with van der Waals surface area (Å²) in [7, 11) is -0.0112. The molecule has 110 valence electrons. The standard InChI is InChI=1S/C16H17O4P/c1-18-16(19-2)11-21(17)15-10-6-4-8-13(15)12-7-3-5-9-14(12)20-21/h3-10,16H,11H2,1-2H3. The second kappa shape index (κ2) is 5.64. The topological polar surface area (TPSA) is 44.8 Å². The lowest BCUT2D eigenvalue weighted by Gasteiger charge is -2.30. The summed E-state index contributed by atoms with van der Waals surface area (Å²) in [5, 5.41) is 0.725. The van der Waals surface area contributed by atoms with Gasteiger partial charge in [0.15, 0.2) is 6.29 Å². The van der Waals surface area contributed by atoms with Crippen molar-refractivity contribution in [2.45, 2.75) is 6.29 Å². The number of fused-ring (bicyclic) bond motifs is 3. The molecule has 21 heavy (non-hydrogen) atoms. The Hall–Kier alpha value is -1.61. The number of para-hydroxylation sites is 1. The van der Waals surface area contributed by atoms with Gasteiger partial charge in [-0.3, -0.25) is 4.57 Å². The molecule has 0 saturated carbocycles. The Morgan fingerprint density at radius 3 is 2.33 bits per heavy atom. The fourth-order valence-electron chi connectivity index (χ4n) is 2.55. The third kappa shape index (κ3) is 2.51. The van der Waals surface area contributed by atoms with Crippen LogP contribution in [0, 0.1) is 0 Å². The first-order chi connectivity index (χ1) is 10.2. The smallest absolute Gasteiger partial charge is 0.282 e. The Kier molecular flexibility index (Phi) is 3.85. The fourth-order valence-corrected chi connectivity index (χ4v) is 4.96. The predicted molar refractivity (Wildman–Crippen MR) is 82.4 cm³/mol. The largest absolute Gasteiger partial charge is 0.439 e. The molecular weight excluding hydrogens is 287 g/mol. The number of rotatable bonds is 4. The third-order valence-electron chi connectivity index (χ3n) is 3.61. The van der Waals surface area contributed by atoms with E-state index >= 15 is 0 Å². The van der Waals surface area contributed by atoms with Crippen molar-refractivity contribution in [3.8, 4) is 16.9 Å². The first-order valence-corrected chi connectivity index (χ1v) is 8.52. The van der Waals surface area contributed by atoms with Crippen LogP contribution in [0.4, 0.5) is 0 Å². The number of hydrogen-bond donors (Lipinski definition) is 0. The molecule has 0 N–H and O–H groups in total. The minimum atomic E-state index is -3.07. The Labute approximate surface area is 124 Å². The van der Waals surface area contributed by atoms with Crippen LogP contribution in [-0.4, -0.2) is 26.7 Å². The molecule has 0 aromatic heterocycles. The number of benzene rings is 2. The van der Waals surface area contributed by atoms with Gasteiger partial charge in [-0.25, -0.2) is 0 Å². The molecule has 1 atom stereocenters. The summed E-state index contributed by atoms with van der Waals surface area (Å²) >= 11 is 0. The SMILES string of the molecule is COC(CP1(=O)Oc2ccccc2-c2ccccc21)OC. The monoisotopic (exact) mass is 304 g/mol. The van der Waals surface area contributed by atoms with E-state index in [1.165, 1.54) is 14.2 Å². The maximum atomic E-state index is 13.4. The quantitative estimate of drug-likeness (QED) is 0.642. The molecule has 2 aromatic carbocycles. The lowest BCUT2D eigenvalue weighted by Crippen LogP contribution is -2.27. The van der Waals surface area contributed by atoms with Crippen molar-refractivity contribution in [1.29, 1.82) is 0 Å². The van der Waals surface area contributed by atoms with Gasteiger partial charge in [-0.05, 0) is 17.7 Å². The lowest BCUT2D eigenvalue weighted by atomic mass is 10.0. The molecule has 5 heteroatoms. The second-order valence-corrected chi connectivity index (χ2v) is 7.24. The number of ether oxygens (including phenoxy) is 2. The minimum absolute atomic E-state index is 0.186. The molecule has 0 radical (unpaired) electrons. The van der Waals surface area contributed by atoms with Crippen molar-refractivity contribution in [1.82, 2.24) is 0 Å².